The summed E-state index contributed by atoms with van der Waals surface area (Å²) in [5, 5.41) is 7.63. The molecule has 0 saturated heterocycles. The van der Waals surface area contributed by atoms with Crippen molar-refractivity contribution >= 4 is 16.5 Å². The number of benzene rings is 1. The van der Waals surface area contributed by atoms with Gasteiger partial charge in [-0.25, -0.2) is 23.8 Å². The number of hydrogen-bond acceptors (Lipinski definition) is 7. The molecule has 0 unspecified atom stereocenters. The first-order chi connectivity index (χ1) is 18.8. The molecular formula is C24H19F7N6O3. The second-order valence-electron chi connectivity index (χ2n) is 8.68. The van der Waals surface area contributed by atoms with Crippen LogP contribution in [0.5, 0.6) is 5.75 Å². The second kappa shape index (κ2) is 11.3. The smallest absolute Gasteiger partial charge is 0.423 e. The third-order valence-corrected chi connectivity index (χ3v) is 5.70. The van der Waals surface area contributed by atoms with Crippen molar-refractivity contribution in [2.45, 2.75) is 44.9 Å². The molecule has 16 heteroatoms. The second-order valence-corrected chi connectivity index (χ2v) is 8.68. The van der Waals surface area contributed by atoms with E-state index < -0.39 is 59.7 Å². The van der Waals surface area contributed by atoms with Crippen molar-refractivity contribution in [2.24, 2.45) is 0 Å². The quantitative estimate of drug-likeness (QED) is 0.283. The van der Waals surface area contributed by atoms with Gasteiger partial charge in [-0.2, -0.15) is 27.1 Å². The topological polar surface area (TPSA) is 115 Å². The first-order valence-corrected chi connectivity index (χ1v) is 11.5. The Labute approximate surface area is 219 Å². The number of ether oxygens (including phenoxy) is 1. The number of alkyl halides is 6. The van der Waals surface area contributed by atoms with Crippen molar-refractivity contribution in [3.05, 3.63) is 75.1 Å². The molecule has 0 amide bonds. The molecule has 9 nitrogen and oxygen atoms in total. The molecule has 40 heavy (non-hydrogen) atoms. The summed E-state index contributed by atoms with van der Waals surface area (Å²) in [4.78, 5) is 32.1. The van der Waals surface area contributed by atoms with Gasteiger partial charge in [-0.3, -0.25) is 9.59 Å². The molecule has 0 spiro atoms. The first kappa shape index (κ1) is 28.5. The highest BCUT2D eigenvalue weighted by atomic mass is 19.4. The number of nitrogens with one attached hydrogen (secondary N) is 2. The van der Waals surface area contributed by atoms with E-state index >= 15 is 0 Å². The lowest BCUT2D eigenvalue weighted by Crippen LogP contribution is -2.30. The SMILES string of the molecule is C[C@@H](C[C@H](F)Cn1ccc2cc(-c3ncc(OC(F)F)cn3)c(F)cc2c1=O)Nc1cn[nH]c(=O)c1C(F)(F)F. The van der Waals surface area contributed by atoms with E-state index in [9.17, 15) is 40.3 Å². The van der Waals surface area contributed by atoms with Gasteiger partial charge >= 0.3 is 12.8 Å². The maximum Gasteiger partial charge on any atom is 0.423 e. The fourth-order valence-electron chi connectivity index (χ4n) is 4.02. The fourth-order valence-corrected chi connectivity index (χ4v) is 4.02. The highest BCUT2D eigenvalue weighted by molar-refractivity contribution is 5.86. The van der Waals surface area contributed by atoms with Crippen molar-refractivity contribution < 1.29 is 35.5 Å². The number of fused-ring (bicyclic) bond motifs is 1. The molecule has 0 bridgehead atoms. The number of halogens is 7. The molecule has 2 atom stereocenters. The van der Waals surface area contributed by atoms with Gasteiger partial charge in [-0.05, 0) is 30.5 Å². The number of hydrogen-bond donors (Lipinski definition) is 2. The molecule has 0 radical (unpaired) electrons. The van der Waals surface area contributed by atoms with Gasteiger partial charge < -0.3 is 14.6 Å². The van der Waals surface area contributed by atoms with E-state index in [0.29, 0.717) is 0 Å². The zero-order valence-electron chi connectivity index (χ0n) is 20.3. The van der Waals surface area contributed by atoms with Crippen molar-refractivity contribution in [3.63, 3.8) is 0 Å². The van der Waals surface area contributed by atoms with E-state index in [1.807, 2.05) is 0 Å². The number of anilines is 1. The van der Waals surface area contributed by atoms with Crippen LogP contribution in [0.3, 0.4) is 0 Å². The van der Waals surface area contributed by atoms with E-state index in [0.717, 1.165) is 29.2 Å². The largest absolute Gasteiger partial charge is 0.432 e. The molecule has 212 valence electrons. The molecule has 4 aromatic rings. The summed E-state index contributed by atoms with van der Waals surface area (Å²) in [7, 11) is 0. The van der Waals surface area contributed by atoms with Crippen LogP contribution in [0.15, 0.2) is 52.6 Å². The normalized spacial score (nSPS) is 13.4. The Bertz CT molecular complexity index is 1620. The molecule has 3 heterocycles. The zero-order chi connectivity index (χ0) is 29.2. The van der Waals surface area contributed by atoms with Crippen molar-refractivity contribution in [1.82, 2.24) is 24.7 Å². The van der Waals surface area contributed by atoms with Gasteiger partial charge in [0.05, 0.1) is 41.8 Å². The maximum absolute atomic E-state index is 14.9. The summed E-state index contributed by atoms with van der Waals surface area (Å²) in [6, 6.07) is 2.70. The van der Waals surface area contributed by atoms with Gasteiger partial charge in [-0.1, -0.05) is 0 Å². The highest BCUT2D eigenvalue weighted by Crippen LogP contribution is 2.32. The van der Waals surface area contributed by atoms with E-state index in [2.05, 4.69) is 25.1 Å². The monoisotopic (exact) mass is 572 g/mol. The molecule has 1 aromatic carbocycles. The van der Waals surface area contributed by atoms with Crippen molar-refractivity contribution in [3.8, 4) is 17.1 Å². The average Bonchev–Trinajstić information content (AvgIpc) is 2.85. The van der Waals surface area contributed by atoms with Gasteiger partial charge in [0.1, 0.15) is 17.6 Å². The summed E-state index contributed by atoms with van der Waals surface area (Å²) < 4.78 is 99.1. The minimum Gasteiger partial charge on any atom is -0.432 e. The van der Waals surface area contributed by atoms with Crippen LogP contribution in [-0.4, -0.2) is 43.6 Å². The third kappa shape index (κ3) is 6.38. The van der Waals surface area contributed by atoms with E-state index in [1.54, 1.807) is 5.10 Å². The molecule has 0 fully saturated rings. The Morgan fingerprint density at radius 3 is 2.45 bits per heavy atom. The lowest BCUT2D eigenvalue weighted by atomic mass is 10.1. The molecule has 4 rings (SSSR count). The highest BCUT2D eigenvalue weighted by Gasteiger charge is 2.37. The molecule has 2 N–H and O–H groups in total. The minimum atomic E-state index is -4.97. The molecule has 0 aliphatic carbocycles. The Hall–Kier alpha value is -4.50. The van der Waals surface area contributed by atoms with E-state index in [-0.39, 0.29) is 34.3 Å². The third-order valence-electron chi connectivity index (χ3n) is 5.70. The lowest BCUT2D eigenvalue weighted by molar-refractivity contribution is -0.138. The molecule has 0 aliphatic rings. The minimum absolute atomic E-state index is 0.0934. The summed E-state index contributed by atoms with van der Waals surface area (Å²) >= 11 is 0. The number of nitrogens with zero attached hydrogens (tertiary/aromatic N) is 4. The van der Waals surface area contributed by atoms with Crippen LogP contribution in [0.25, 0.3) is 22.2 Å². The average molecular weight is 572 g/mol. The van der Waals surface area contributed by atoms with Gasteiger partial charge in [-0.15, -0.1) is 0 Å². The number of aromatic amines is 1. The maximum atomic E-state index is 14.9. The predicted octanol–water partition coefficient (Wildman–Crippen LogP) is 4.53. The van der Waals surface area contributed by atoms with Gasteiger partial charge in [0.2, 0.25) is 0 Å². The summed E-state index contributed by atoms with van der Waals surface area (Å²) in [5.41, 5.74) is -4.43. The number of H-pyrrole nitrogens is 1. The summed E-state index contributed by atoms with van der Waals surface area (Å²) in [6.45, 7) is -2.19. The molecule has 3 aromatic heterocycles. The van der Waals surface area contributed by atoms with Gasteiger partial charge in [0, 0.05) is 18.7 Å². The number of pyridine rings is 1. The Morgan fingerprint density at radius 2 is 1.80 bits per heavy atom. The molecule has 0 aliphatic heterocycles. The molecule has 0 saturated carbocycles. The van der Waals surface area contributed by atoms with Crippen molar-refractivity contribution in [1.29, 1.82) is 0 Å². The van der Waals surface area contributed by atoms with Gasteiger partial charge in [0.15, 0.2) is 11.6 Å². The lowest BCUT2D eigenvalue weighted by Gasteiger charge is -2.20. The fraction of sp³-hybridized carbons (Fsp3) is 0.292. The van der Waals surface area contributed by atoms with Crippen LogP contribution < -0.4 is 21.2 Å². The summed E-state index contributed by atoms with van der Waals surface area (Å²) in [5.74, 6) is -1.38. The van der Waals surface area contributed by atoms with Crippen LogP contribution in [0, 0.1) is 5.82 Å². The number of rotatable bonds is 9. The number of aromatic nitrogens is 5. The molecular weight excluding hydrogens is 553 g/mol. The van der Waals surface area contributed by atoms with Crippen LogP contribution in [-0.2, 0) is 12.7 Å². The van der Waals surface area contributed by atoms with Crippen LogP contribution in [0.4, 0.5) is 36.4 Å². The van der Waals surface area contributed by atoms with Crippen molar-refractivity contribution in [2.75, 3.05) is 5.32 Å². The summed E-state index contributed by atoms with van der Waals surface area (Å²) in [6.07, 6.45) is -3.13. The van der Waals surface area contributed by atoms with Crippen LogP contribution in [0.2, 0.25) is 0 Å². The first-order valence-electron chi connectivity index (χ1n) is 11.5. The Morgan fingerprint density at radius 1 is 1.10 bits per heavy atom. The van der Waals surface area contributed by atoms with Crippen LogP contribution >= 0.6 is 0 Å². The van der Waals surface area contributed by atoms with Crippen LogP contribution in [0.1, 0.15) is 18.9 Å². The standard InChI is InChI=1S/C24H19F7N6O3/c1-11(35-18-9-34-36-21(38)19(18)24(29,30)31)4-13(25)10-37-3-2-12-5-16(17(26)6-15(12)22(37)39)20-32-7-14(8-33-20)40-23(27)28/h2-3,5-9,11,13,23H,4,10H2,1H3,(H2,35,36,38)/t11-,13-/m0/s1. The Kier molecular flexibility index (Phi) is 8.06. The Balaban J connectivity index is 1.50. The van der Waals surface area contributed by atoms with E-state index in [1.165, 1.54) is 25.3 Å². The van der Waals surface area contributed by atoms with E-state index in [4.69, 9.17) is 0 Å². The van der Waals surface area contributed by atoms with Gasteiger partial charge in [0.25, 0.3) is 11.1 Å². The predicted molar refractivity (Wildman–Crippen MR) is 128 cm³/mol. The zero-order valence-corrected chi connectivity index (χ0v) is 20.3.